The van der Waals surface area contributed by atoms with Crippen LogP contribution in [0.15, 0.2) is 0 Å². The minimum absolute atomic E-state index is 0.0518. The SMILES string of the molecule is O=C(CCO)CC(CO)C(=O)O. The number of hydrogen-bond acceptors (Lipinski definition) is 4. The summed E-state index contributed by atoms with van der Waals surface area (Å²) in [6.07, 6.45) is -0.268. The molecule has 70 valence electrons. The third kappa shape index (κ3) is 4.05. The standard InChI is InChI=1S/C7H12O5/c8-2-1-6(10)3-5(4-9)7(11)12/h5,8-9H,1-4H2,(H,11,12). The van der Waals surface area contributed by atoms with Gasteiger partial charge in [-0.2, -0.15) is 0 Å². The van der Waals surface area contributed by atoms with Crippen molar-refractivity contribution in [3.63, 3.8) is 0 Å². The molecule has 0 saturated carbocycles. The summed E-state index contributed by atoms with van der Waals surface area (Å²) in [6, 6.07) is 0. The van der Waals surface area contributed by atoms with Crippen LogP contribution in [0.2, 0.25) is 0 Å². The minimum Gasteiger partial charge on any atom is -0.481 e. The average Bonchev–Trinajstić information content (AvgIpc) is 2.00. The van der Waals surface area contributed by atoms with Crippen molar-refractivity contribution in [2.24, 2.45) is 5.92 Å². The number of Topliss-reactive ketones (excluding diaryl/α,β-unsaturated/α-hetero) is 1. The first-order valence-electron chi connectivity index (χ1n) is 3.58. The molecule has 1 unspecified atom stereocenters. The number of rotatable bonds is 6. The molecule has 0 spiro atoms. The van der Waals surface area contributed by atoms with Crippen LogP contribution in [0, 0.1) is 5.92 Å². The summed E-state index contributed by atoms with van der Waals surface area (Å²) in [7, 11) is 0. The number of carboxylic acid groups (broad SMARTS) is 1. The third-order valence-electron chi connectivity index (χ3n) is 1.43. The number of carbonyl (C=O) groups is 2. The Morgan fingerprint density at radius 1 is 1.25 bits per heavy atom. The largest absolute Gasteiger partial charge is 0.481 e. The van der Waals surface area contributed by atoms with Crippen molar-refractivity contribution in [2.45, 2.75) is 12.8 Å². The normalized spacial score (nSPS) is 12.5. The quantitative estimate of drug-likeness (QED) is 0.483. The molecule has 0 fully saturated rings. The summed E-state index contributed by atoms with van der Waals surface area (Å²) in [5, 5.41) is 25.3. The highest BCUT2D eigenvalue weighted by molar-refractivity contribution is 5.83. The topological polar surface area (TPSA) is 94.8 Å². The Labute approximate surface area is 69.6 Å². The van der Waals surface area contributed by atoms with Gasteiger partial charge in [0.2, 0.25) is 0 Å². The Hall–Kier alpha value is -0.940. The Balaban J connectivity index is 3.85. The lowest BCUT2D eigenvalue weighted by molar-refractivity contribution is -0.145. The molecule has 0 heterocycles. The average molecular weight is 176 g/mol. The Morgan fingerprint density at radius 3 is 2.17 bits per heavy atom. The number of hydrogen-bond donors (Lipinski definition) is 3. The van der Waals surface area contributed by atoms with Gasteiger partial charge in [-0.05, 0) is 0 Å². The van der Waals surface area contributed by atoms with Gasteiger partial charge in [0.05, 0.1) is 12.5 Å². The van der Waals surface area contributed by atoms with E-state index in [0.717, 1.165) is 0 Å². The molecule has 0 aliphatic carbocycles. The molecule has 0 rings (SSSR count). The maximum atomic E-state index is 10.8. The van der Waals surface area contributed by atoms with Gasteiger partial charge in [0, 0.05) is 19.4 Å². The van der Waals surface area contributed by atoms with Crippen LogP contribution in [0.4, 0.5) is 0 Å². The van der Waals surface area contributed by atoms with Crippen LogP contribution in [-0.2, 0) is 9.59 Å². The van der Waals surface area contributed by atoms with Crippen LogP contribution >= 0.6 is 0 Å². The van der Waals surface area contributed by atoms with Crippen LogP contribution in [0.1, 0.15) is 12.8 Å². The zero-order chi connectivity index (χ0) is 9.56. The molecule has 0 radical (unpaired) electrons. The predicted octanol–water partition coefficient (Wildman–Crippen LogP) is -0.979. The smallest absolute Gasteiger partial charge is 0.309 e. The fourth-order valence-electron chi connectivity index (χ4n) is 0.732. The number of aliphatic hydroxyl groups is 2. The molecule has 0 aliphatic heterocycles. The number of carboxylic acids is 1. The van der Waals surface area contributed by atoms with Crippen LogP contribution in [0.3, 0.4) is 0 Å². The molecule has 0 amide bonds. The Kier molecular flexibility index (Phi) is 5.23. The van der Waals surface area contributed by atoms with Gasteiger partial charge in [-0.3, -0.25) is 9.59 Å². The van der Waals surface area contributed by atoms with Crippen LogP contribution in [0.5, 0.6) is 0 Å². The van der Waals surface area contributed by atoms with E-state index in [4.69, 9.17) is 15.3 Å². The zero-order valence-corrected chi connectivity index (χ0v) is 6.56. The molecule has 0 aromatic rings. The Bertz CT molecular complexity index is 165. The molecule has 5 heteroatoms. The first-order chi connectivity index (χ1) is 5.61. The van der Waals surface area contributed by atoms with Crippen LogP contribution in [0.25, 0.3) is 0 Å². The highest BCUT2D eigenvalue weighted by Crippen LogP contribution is 2.04. The zero-order valence-electron chi connectivity index (χ0n) is 6.56. The van der Waals surface area contributed by atoms with Crippen molar-refractivity contribution in [2.75, 3.05) is 13.2 Å². The fraction of sp³-hybridized carbons (Fsp3) is 0.714. The van der Waals surface area contributed by atoms with Crippen molar-refractivity contribution in [1.82, 2.24) is 0 Å². The second-order valence-electron chi connectivity index (χ2n) is 2.43. The van der Waals surface area contributed by atoms with Crippen molar-refractivity contribution in [1.29, 1.82) is 0 Å². The second-order valence-corrected chi connectivity index (χ2v) is 2.43. The molecular formula is C7H12O5. The van der Waals surface area contributed by atoms with Gasteiger partial charge in [0.1, 0.15) is 5.78 Å². The van der Waals surface area contributed by atoms with E-state index in [-0.39, 0.29) is 25.2 Å². The number of ketones is 1. The summed E-state index contributed by atoms with van der Waals surface area (Å²) in [5.41, 5.74) is 0. The second kappa shape index (κ2) is 5.68. The molecule has 0 bridgehead atoms. The van der Waals surface area contributed by atoms with Crippen molar-refractivity contribution in [3.8, 4) is 0 Å². The van der Waals surface area contributed by atoms with Crippen LogP contribution in [-0.4, -0.2) is 40.3 Å². The molecule has 0 aliphatic rings. The van der Waals surface area contributed by atoms with Gasteiger partial charge in [-0.1, -0.05) is 0 Å². The van der Waals surface area contributed by atoms with Gasteiger partial charge in [-0.25, -0.2) is 0 Å². The van der Waals surface area contributed by atoms with Crippen molar-refractivity contribution in [3.05, 3.63) is 0 Å². The molecular weight excluding hydrogens is 164 g/mol. The lowest BCUT2D eigenvalue weighted by atomic mass is 10.0. The van der Waals surface area contributed by atoms with E-state index in [1.54, 1.807) is 0 Å². The molecule has 3 N–H and O–H groups in total. The van der Waals surface area contributed by atoms with E-state index in [2.05, 4.69) is 0 Å². The number of aliphatic hydroxyl groups excluding tert-OH is 2. The minimum atomic E-state index is -1.19. The van der Waals surface area contributed by atoms with E-state index < -0.39 is 18.5 Å². The lowest BCUT2D eigenvalue weighted by Crippen LogP contribution is -2.21. The maximum Gasteiger partial charge on any atom is 0.309 e. The van der Waals surface area contributed by atoms with E-state index in [1.807, 2.05) is 0 Å². The van der Waals surface area contributed by atoms with E-state index in [1.165, 1.54) is 0 Å². The summed E-state index contributed by atoms with van der Waals surface area (Å²) in [6.45, 7) is -0.830. The third-order valence-corrected chi connectivity index (χ3v) is 1.43. The summed E-state index contributed by atoms with van der Waals surface area (Å²) < 4.78 is 0. The predicted molar refractivity (Wildman–Crippen MR) is 39.5 cm³/mol. The highest BCUT2D eigenvalue weighted by Gasteiger charge is 2.19. The van der Waals surface area contributed by atoms with E-state index >= 15 is 0 Å². The fourth-order valence-corrected chi connectivity index (χ4v) is 0.732. The van der Waals surface area contributed by atoms with Gasteiger partial charge in [-0.15, -0.1) is 0 Å². The first-order valence-corrected chi connectivity index (χ1v) is 3.58. The van der Waals surface area contributed by atoms with Gasteiger partial charge < -0.3 is 15.3 Å². The van der Waals surface area contributed by atoms with E-state index in [9.17, 15) is 9.59 Å². The van der Waals surface area contributed by atoms with Gasteiger partial charge in [0.25, 0.3) is 0 Å². The summed E-state index contributed by atoms with van der Waals surface area (Å²) in [4.78, 5) is 21.1. The molecule has 1 atom stereocenters. The Morgan fingerprint density at radius 2 is 1.83 bits per heavy atom. The molecule has 12 heavy (non-hydrogen) atoms. The monoisotopic (exact) mass is 176 g/mol. The number of carbonyl (C=O) groups excluding carboxylic acids is 1. The summed E-state index contributed by atoms with van der Waals surface area (Å²) >= 11 is 0. The highest BCUT2D eigenvalue weighted by atomic mass is 16.4. The van der Waals surface area contributed by atoms with Crippen molar-refractivity contribution < 1.29 is 24.9 Å². The molecule has 0 saturated heterocycles. The van der Waals surface area contributed by atoms with E-state index in [0.29, 0.717) is 0 Å². The summed E-state index contributed by atoms with van der Waals surface area (Å²) in [5.74, 6) is -2.58. The molecule has 5 nitrogen and oxygen atoms in total. The first kappa shape index (κ1) is 11.1. The molecule has 0 aromatic carbocycles. The molecule has 0 aromatic heterocycles. The van der Waals surface area contributed by atoms with Crippen LogP contribution < -0.4 is 0 Å². The van der Waals surface area contributed by atoms with Crippen molar-refractivity contribution >= 4 is 11.8 Å². The maximum absolute atomic E-state index is 10.8. The van der Waals surface area contributed by atoms with Gasteiger partial charge in [0.15, 0.2) is 0 Å². The lowest BCUT2D eigenvalue weighted by Gasteiger charge is -2.06. The number of aliphatic carboxylic acids is 1. The van der Waals surface area contributed by atoms with Gasteiger partial charge >= 0.3 is 5.97 Å².